The topological polar surface area (TPSA) is 73.7 Å². The van der Waals surface area contributed by atoms with E-state index in [1.165, 1.54) is 4.68 Å². The number of benzene rings is 1. The zero-order valence-corrected chi connectivity index (χ0v) is 16.3. The predicted octanol–water partition coefficient (Wildman–Crippen LogP) is 2.68. The molecule has 0 spiro atoms. The largest absolute Gasteiger partial charge is 0.462 e. The second-order valence-electron chi connectivity index (χ2n) is 6.49. The van der Waals surface area contributed by atoms with Crippen molar-refractivity contribution in [1.82, 2.24) is 9.78 Å². The van der Waals surface area contributed by atoms with Crippen LogP contribution in [0.3, 0.4) is 0 Å². The fourth-order valence-corrected chi connectivity index (χ4v) is 3.40. The van der Waals surface area contributed by atoms with Crippen molar-refractivity contribution in [3.05, 3.63) is 51.4 Å². The van der Waals surface area contributed by atoms with E-state index in [0.717, 1.165) is 0 Å². The van der Waals surface area contributed by atoms with Crippen LogP contribution >= 0.6 is 11.6 Å². The number of nitrogens with zero attached hydrogens (tertiary/aromatic N) is 3. The Labute approximate surface area is 162 Å². The monoisotopic (exact) mass is 391 g/mol. The van der Waals surface area contributed by atoms with Crippen molar-refractivity contribution in [2.45, 2.75) is 33.0 Å². The van der Waals surface area contributed by atoms with Crippen LogP contribution in [0.2, 0.25) is 5.02 Å². The zero-order valence-electron chi connectivity index (χ0n) is 15.5. The average Bonchev–Trinajstić information content (AvgIpc) is 2.63. The molecular weight excluding hydrogens is 370 g/mol. The lowest BCUT2D eigenvalue weighted by Gasteiger charge is -2.36. The molecule has 3 rings (SSSR count). The summed E-state index contributed by atoms with van der Waals surface area (Å²) in [6.45, 7) is 7.30. The third-order valence-corrected chi connectivity index (χ3v) is 4.64. The smallest absolute Gasteiger partial charge is 0.338 e. The van der Waals surface area contributed by atoms with Crippen molar-refractivity contribution in [1.29, 1.82) is 0 Å². The molecule has 27 heavy (non-hydrogen) atoms. The minimum atomic E-state index is -0.412. The predicted molar refractivity (Wildman–Crippen MR) is 103 cm³/mol. The van der Waals surface area contributed by atoms with E-state index < -0.39 is 11.5 Å². The summed E-state index contributed by atoms with van der Waals surface area (Å²) >= 11 is 6.37. The second-order valence-corrected chi connectivity index (χ2v) is 6.87. The van der Waals surface area contributed by atoms with Crippen molar-refractivity contribution < 1.29 is 14.3 Å². The highest BCUT2D eigenvalue weighted by Gasteiger charge is 2.25. The number of rotatable bonds is 4. The SMILES string of the molecule is CCOC(=O)c1ccc(-n2ncc(N3CC(C)OC(C)C3)c(Cl)c2=O)cc1. The maximum absolute atomic E-state index is 12.7. The van der Waals surface area contributed by atoms with Crippen LogP contribution in [-0.2, 0) is 9.47 Å². The highest BCUT2D eigenvalue weighted by atomic mass is 35.5. The van der Waals surface area contributed by atoms with Gasteiger partial charge in [0, 0.05) is 13.1 Å². The van der Waals surface area contributed by atoms with Crippen molar-refractivity contribution >= 4 is 23.3 Å². The molecule has 0 radical (unpaired) electrons. The Balaban J connectivity index is 1.89. The maximum atomic E-state index is 12.7. The summed E-state index contributed by atoms with van der Waals surface area (Å²) in [5.41, 5.74) is 1.12. The van der Waals surface area contributed by atoms with E-state index in [1.54, 1.807) is 37.4 Å². The average molecular weight is 392 g/mol. The Morgan fingerprint density at radius 1 is 1.26 bits per heavy atom. The van der Waals surface area contributed by atoms with Gasteiger partial charge in [-0.05, 0) is 45.0 Å². The van der Waals surface area contributed by atoms with Crippen molar-refractivity contribution in [3.63, 3.8) is 0 Å². The molecule has 0 saturated carbocycles. The first-order valence-electron chi connectivity index (χ1n) is 8.86. The van der Waals surface area contributed by atoms with Gasteiger partial charge < -0.3 is 14.4 Å². The molecule has 0 amide bonds. The molecule has 2 aromatic rings. The van der Waals surface area contributed by atoms with Crippen molar-refractivity contribution in [2.75, 3.05) is 24.6 Å². The lowest BCUT2D eigenvalue weighted by Crippen LogP contribution is -2.46. The third kappa shape index (κ3) is 4.14. The van der Waals surface area contributed by atoms with E-state index in [1.807, 2.05) is 18.7 Å². The number of carbonyl (C=O) groups excluding carboxylic acids is 1. The Bertz CT molecular complexity index is 872. The molecule has 1 fully saturated rings. The number of hydrogen-bond acceptors (Lipinski definition) is 6. The van der Waals surface area contributed by atoms with Gasteiger partial charge in [-0.15, -0.1) is 0 Å². The number of esters is 1. The Morgan fingerprint density at radius 3 is 2.48 bits per heavy atom. The zero-order chi connectivity index (χ0) is 19.6. The Morgan fingerprint density at radius 2 is 1.89 bits per heavy atom. The lowest BCUT2D eigenvalue weighted by molar-refractivity contribution is -0.00524. The standard InChI is InChI=1S/C19H22ClN3O4/c1-4-26-19(25)14-5-7-15(8-6-14)23-18(24)17(20)16(9-21-23)22-10-12(2)27-13(3)11-22/h5-9,12-13H,4,10-11H2,1-3H3. The van der Waals surface area contributed by atoms with E-state index in [4.69, 9.17) is 21.1 Å². The molecule has 2 unspecified atom stereocenters. The van der Waals surface area contributed by atoms with Gasteiger partial charge in [0.25, 0.3) is 5.56 Å². The Hall–Kier alpha value is -2.38. The number of aromatic nitrogens is 2. The molecule has 144 valence electrons. The van der Waals surface area contributed by atoms with Gasteiger partial charge in [0.15, 0.2) is 0 Å². The molecule has 1 saturated heterocycles. The van der Waals surface area contributed by atoms with Gasteiger partial charge in [0.1, 0.15) is 5.02 Å². The lowest BCUT2D eigenvalue weighted by atomic mass is 10.2. The van der Waals surface area contributed by atoms with Crippen LogP contribution < -0.4 is 10.5 Å². The quantitative estimate of drug-likeness (QED) is 0.746. The molecule has 2 atom stereocenters. The van der Waals surface area contributed by atoms with E-state index in [-0.39, 0.29) is 17.2 Å². The number of halogens is 1. The van der Waals surface area contributed by atoms with E-state index in [9.17, 15) is 9.59 Å². The molecule has 8 heteroatoms. The first kappa shape index (κ1) is 19.4. The van der Waals surface area contributed by atoms with Crippen molar-refractivity contribution in [2.24, 2.45) is 0 Å². The second kappa shape index (κ2) is 8.10. The molecule has 0 aliphatic carbocycles. The van der Waals surface area contributed by atoms with Gasteiger partial charge in [0.2, 0.25) is 0 Å². The third-order valence-electron chi connectivity index (χ3n) is 4.28. The van der Waals surface area contributed by atoms with E-state index in [0.29, 0.717) is 36.6 Å². The highest BCUT2D eigenvalue weighted by Crippen LogP contribution is 2.25. The van der Waals surface area contributed by atoms with Gasteiger partial charge in [-0.3, -0.25) is 4.79 Å². The highest BCUT2D eigenvalue weighted by molar-refractivity contribution is 6.33. The Kier molecular flexibility index (Phi) is 5.82. The summed E-state index contributed by atoms with van der Waals surface area (Å²) in [4.78, 5) is 26.5. The van der Waals surface area contributed by atoms with Gasteiger partial charge >= 0.3 is 5.97 Å². The summed E-state index contributed by atoms with van der Waals surface area (Å²) in [5, 5.41) is 4.38. The molecule has 2 heterocycles. The number of morpholine rings is 1. The molecule has 0 N–H and O–H groups in total. The van der Waals surface area contributed by atoms with Crippen LogP contribution in [0.15, 0.2) is 35.3 Å². The van der Waals surface area contributed by atoms with E-state index >= 15 is 0 Å². The van der Waals surface area contributed by atoms with Crippen LogP contribution in [0, 0.1) is 0 Å². The van der Waals surface area contributed by atoms with E-state index in [2.05, 4.69) is 5.10 Å². The molecular formula is C19H22ClN3O4. The van der Waals surface area contributed by atoms with Crippen LogP contribution in [-0.4, -0.2) is 47.7 Å². The summed E-state index contributed by atoms with van der Waals surface area (Å²) < 4.78 is 11.9. The minimum Gasteiger partial charge on any atom is -0.462 e. The van der Waals surface area contributed by atoms with Gasteiger partial charge in [-0.1, -0.05) is 11.6 Å². The number of ether oxygens (including phenoxy) is 2. The van der Waals surface area contributed by atoms with Crippen molar-refractivity contribution in [3.8, 4) is 5.69 Å². The fraction of sp³-hybridized carbons (Fsp3) is 0.421. The summed E-state index contributed by atoms with van der Waals surface area (Å²) in [5.74, 6) is -0.409. The first-order valence-corrected chi connectivity index (χ1v) is 9.24. The first-order chi connectivity index (χ1) is 12.9. The molecule has 0 bridgehead atoms. The molecule has 1 aromatic heterocycles. The molecule has 1 aromatic carbocycles. The maximum Gasteiger partial charge on any atom is 0.338 e. The van der Waals surface area contributed by atoms with Crippen LogP contribution in [0.4, 0.5) is 5.69 Å². The van der Waals surface area contributed by atoms with Gasteiger partial charge in [-0.25, -0.2) is 4.79 Å². The van der Waals surface area contributed by atoms with Crippen LogP contribution in [0.1, 0.15) is 31.1 Å². The summed E-state index contributed by atoms with van der Waals surface area (Å²) in [6.07, 6.45) is 1.68. The van der Waals surface area contributed by atoms with Crippen LogP contribution in [0.25, 0.3) is 5.69 Å². The molecule has 1 aliphatic heterocycles. The van der Waals surface area contributed by atoms with Gasteiger partial charge in [0.05, 0.1) is 41.9 Å². The van der Waals surface area contributed by atoms with Gasteiger partial charge in [-0.2, -0.15) is 9.78 Å². The summed E-state index contributed by atoms with van der Waals surface area (Å²) in [6, 6.07) is 6.45. The molecule has 1 aliphatic rings. The summed E-state index contributed by atoms with van der Waals surface area (Å²) in [7, 11) is 0. The number of hydrogen-bond donors (Lipinski definition) is 0. The fourth-order valence-electron chi connectivity index (χ4n) is 3.16. The number of anilines is 1. The van der Waals surface area contributed by atoms with Crippen LogP contribution in [0.5, 0.6) is 0 Å². The number of carbonyl (C=O) groups is 1. The minimum absolute atomic E-state index is 0.0441. The molecule has 7 nitrogen and oxygen atoms in total. The normalized spacial score (nSPS) is 19.8.